The molecule has 0 saturated carbocycles. The third-order valence-electron chi connectivity index (χ3n) is 5.25. The van der Waals surface area contributed by atoms with Gasteiger partial charge in [-0.05, 0) is 42.8 Å². The summed E-state index contributed by atoms with van der Waals surface area (Å²) in [4.78, 5) is 18.4. The van der Waals surface area contributed by atoms with Crippen molar-refractivity contribution in [2.45, 2.75) is 24.9 Å². The van der Waals surface area contributed by atoms with E-state index in [0.717, 1.165) is 29.9 Å². The van der Waals surface area contributed by atoms with Crippen molar-refractivity contribution in [3.63, 3.8) is 0 Å². The molecular formula is C22H21F3N4O2. The number of likely N-dealkylation sites (tertiary alicyclic amines) is 1. The van der Waals surface area contributed by atoms with E-state index in [1.54, 1.807) is 29.4 Å². The molecule has 0 aliphatic carbocycles. The summed E-state index contributed by atoms with van der Waals surface area (Å²) in [6.07, 6.45) is 0.0921. The normalized spacial score (nSPS) is 16.5. The van der Waals surface area contributed by atoms with E-state index in [9.17, 15) is 18.0 Å². The third kappa shape index (κ3) is 5.04. The van der Waals surface area contributed by atoms with Crippen LogP contribution in [0, 0.1) is 0 Å². The largest absolute Gasteiger partial charge is 0.493 e. The van der Waals surface area contributed by atoms with E-state index in [-0.39, 0.29) is 24.2 Å². The third-order valence-corrected chi connectivity index (χ3v) is 5.25. The predicted molar refractivity (Wildman–Crippen MR) is 107 cm³/mol. The van der Waals surface area contributed by atoms with Gasteiger partial charge in [-0.2, -0.15) is 18.3 Å². The molecule has 162 valence electrons. The Labute approximate surface area is 177 Å². The van der Waals surface area contributed by atoms with Crippen molar-refractivity contribution in [3.05, 3.63) is 77.4 Å². The molecule has 0 unspecified atom stereocenters. The number of alkyl halides is 3. The van der Waals surface area contributed by atoms with E-state index in [1.807, 2.05) is 6.07 Å². The molecule has 1 aliphatic rings. The number of aromatic nitrogens is 3. The van der Waals surface area contributed by atoms with Crippen molar-refractivity contribution < 1.29 is 22.7 Å². The summed E-state index contributed by atoms with van der Waals surface area (Å²) in [5.74, 6) is 0.269. The highest BCUT2D eigenvalue weighted by molar-refractivity contribution is 5.94. The van der Waals surface area contributed by atoms with Gasteiger partial charge in [-0.25, -0.2) is 0 Å². The van der Waals surface area contributed by atoms with Crippen molar-refractivity contribution in [3.8, 4) is 5.75 Å². The Hall–Kier alpha value is -3.36. The first-order chi connectivity index (χ1) is 14.9. The number of halogens is 3. The van der Waals surface area contributed by atoms with Crippen LogP contribution in [0.5, 0.6) is 5.75 Å². The zero-order chi connectivity index (χ0) is 21.8. The Morgan fingerprint density at radius 1 is 1.23 bits per heavy atom. The standard InChI is InChI=1S/C22H21F3N4O2/c23-22(24,25)17-4-1-5-19(11-17)31-10-7-18-12-20(28-27-18)16-6-9-29(14-16)21(30)15-3-2-8-26-13-15/h1-5,8,11-13,16H,6-7,9-10,14H2,(H,27,28)/t16-/m1/s1. The van der Waals surface area contributed by atoms with Crippen molar-refractivity contribution in [1.82, 2.24) is 20.1 Å². The smallest absolute Gasteiger partial charge is 0.416 e. The molecule has 6 nitrogen and oxygen atoms in total. The number of hydrogen-bond donors (Lipinski definition) is 1. The van der Waals surface area contributed by atoms with Crippen molar-refractivity contribution in [1.29, 1.82) is 0 Å². The lowest BCUT2D eigenvalue weighted by atomic mass is 10.0. The van der Waals surface area contributed by atoms with Crippen molar-refractivity contribution in [2.24, 2.45) is 0 Å². The molecule has 0 spiro atoms. The lowest BCUT2D eigenvalue weighted by molar-refractivity contribution is -0.137. The Morgan fingerprint density at radius 3 is 2.87 bits per heavy atom. The Kier molecular flexibility index (Phi) is 5.92. The van der Waals surface area contributed by atoms with E-state index >= 15 is 0 Å². The number of carbonyl (C=O) groups is 1. The number of nitrogens with one attached hydrogen (secondary N) is 1. The summed E-state index contributed by atoms with van der Waals surface area (Å²) in [6, 6.07) is 10.2. The molecule has 1 atom stereocenters. The van der Waals surface area contributed by atoms with E-state index in [0.29, 0.717) is 25.1 Å². The molecule has 3 heterocycles. The van der Waals surface area contributed by atoms with Gasteiger partial charge in [-0.1, -0.05) is 6.07 Å². The van der Waals surface area contributed by atoms with Gasteiger partial charge >= 0.3 is 6.18 Å². The van der Waals surface area contributed by atoms with E-state index < -0.39 is 11.7 Å². The Bertz CT molecular complexity index is 1040. The number of nitrogens with zero attached hydrogens (tertiary/aromatic N) is 3. The van der Waals surface area contributed by atoms with Gasteiger partial charge in [0.1, 0.15) is 5.75 Å². The minimum Gasteiger partial charge on any atom is -0.493 e. The van der Waals surface area contributed by atoms with E-state index in [2.05, 4.69) is 15.2 Å². The maximum Gasteiger partial charge on any atom is 0.416 e. The molecule has 3 aromatic rings. The Morgan fingerprint density at radius 2 is 2.10 bits per heavy atom. The lowest BCUT2D eigenvalue weighted by Gasteiger charge is -2.15. The predicted octanol–water partition coefficient (Wildman–Crippen LogP) is 4.07. The molecule has 2 aromatic heterocycles. The number of pyridine rings is 1. The quantitative estimate of drug-likeness (QED) is 0.640. The fraction of sp³-hybridized carbons (Fsp3) is 0.318. The van der Waals surface area contributed by atoms with Gasteiger partial charge in [0.25, 0.3) is 5.91 Å². The summed E-state index contributed by atoms with van der Waals surface area (Å²) < 4.78 is 43.8. The van der Waals surface area contributed by atoms with Gasteiger partial charge in [-0.3, -0.25) is 14.9 Å². The number of H-pyrrole nitrogens is 1. The average Bonchev–Trinajstić information content (AvgIpc) is 3.43. The number of aromatic amines is 1. The number of benzene rings is 1. The first kappa shape index (κ1) is 20.9. The van der Waals surface area contributed by atoms with Crippen LogP contribution in [0.4, 0.5) is 13.2 Å². The topological polar surface area (TPSA) is 71.1 Å². The van der Waals surface area contributed by atoms with Gasteiger partial charge in [0, 0.05) is 43.5 Å². The lowest BCUT2D eigenvalue weighted by Crippen LogP contribution is -2.28. The molecule has 4 rings (SSSR count). The Balaban J connectivity index is 1.30. The monoisotopic (exact) mass is 430 g/mol. The fourth-order valence-corrected chi connectivity index (χ4v) is 3.62. The van der Waals surface area contributed by atoms with E-state index in [1.165, 1.54) is 12.1 Å². The molecule has 1 aliphatic heterocycles. The molecule has 0 bridgehead atoms. The number of hydrogen-bond acceptors (Lipinski definition) is 4. The summed E-state index contributed by atoms with van der Waals surface area (Å²) in [7, 11) is 0. The van der Waals surface area contributed by atoms with Crippen molar-refractivity contribution in [2.75, 3.05) is 19.7 Å². The SMILES string of the molecule is O=C(c1cccnc1)N1CC[C@@H](c2cc(CCOc3cccc(C(F)(F)F)c3)[nH]n2)C1. The van der Waals surface area contributed by atoms with Gasteiger partial charge in [-0.15, -0.1) is 0 Å². The highest BCUT2D eigenvalue weighted by Gasteiger charge is 2.31. The van der Waals surface area contributed by atoms with Crippen LogP contribution in [0.3, 0.4) is 0 Å². The van der Waals surface area contributed by atoms with Crippen LogP contribution >= 0.6 is 0 Å². The highest BCUT2D eigenvalue weighted by Crippen LogP contribution is 2.31. The summed E-state index contributed by atoms with van der Waals surface area (Å²) in [6.45, 7) is 1.46. The minimum absolute atomic E-state index is 0.0409. The molecule has 9 heteroatoms. The molecule has 31 heavy (non-hydrogen) atoms. The van der Waals surface area contributed by atoms with Crippen LogP contribution in [-0.2, 0) is 12.6 Å². The molecular weight excluding hydrogens is 409 g/mol. The van der Waals surface area contributed by atoms with Crippen LogP contribution < -0.4 is 4.74 Å². The number of carbonyl (C=O) groups excluding carboxylic acids is 1. The maximum absolute atomic E-state index is 12.8. The van der Waals surface area contributed by atoms with Crippen LogP contribution in [-0.4, -0.2) is 45.7 Å². The zero-order valence-corrected chi connectivity index (χ0v) is 16.6. The molecule has 1 N–H and O–H groups in total. The second-order valence-electron chi connectivity index (χ2n) is 7.42. The summed E-state index contributed by atoms with van der Waals surface area (Å²) in [5.41, 5.74) is 1.53. The zero-order valence-electron chi connectivity index (χ0n) is 16.6. The molecule has 0 radical (unpaired) electrons. The maximum atomic E-state index is 12.8. The molecule has 1 amide bonds. The van der Waals surface area contributed by atoms with Gasteiger partial charge < -0.3 is 9.64 Å². The number of rotatable bonds is 6. The van der Waals surface area contributed by atoms with Crippen molar-refractivity contribution >= 4 is 5.91 Å². The highest BCUT2D eigenvalue weighted by atomic mass is 19.4. The molecule has 1 aromatic carbocycles. The minimum atomic E-state index is -4.40. The van der Waals surface area contributed by atoms with Gasteiger partial charge in [0.05, 0.1) is 23.4 Å². The van der Waals surface area contributed by atoms with E-state index in [4.69, 9.17) is 4.74 Å². The molecule has 1 fully saturated rings. The van der Waals surface area contributed by atoms with Gasteiger partial charge in [0.2, 0.25) is 0 Å². The van der Waals surface area contributed by atoms with Crippen LogP contribution in [0.25, 0.3) is 0 Å². The number of amides is 1. The fourth-order valence-electron chi connectivity index (χ4n) is 3.62. The molecule has 1 saturated heterocycles. The summed E-state index contributed by atoms with van der Waals surface area (Å²) in [5, 5.41) is 7.31. The van der Waals surface area contributed by atoms with Crippen LogP contribution in [0.15, 0.2) is 54.9 Å². The summed E-state index contributed by atoms with van der Waals surface area (Å²) >= 11 is 0. The van der Waals surface area contributed by atoms with Gasteiger partial charge in [0.15, 0.2) is 0 Å². The second kappa shape index (κ2) is 8.79. The number of ether oxygens (including phenoxy) is 1. The van der Waals surface area contributed by atoms with Crippen LogP contribution in [0.2, 0.25) is 0 Å². The van der Waals surface area contributed by atoms with Crippen LogP contribution in [0.1, 0.15) is 39.6 Å². The second-order valence-corrected chi connectivity index (χ2v) is 7.42. The average molecular weight is 430 g/mol. The first-order valence-corrected chi connectivity index (χ1v) is 9.94. The first-order valence-electron chi connectivity index (χ1n) is 9.94.